The van der Waals surface area contributed by atoms with E-state index >= 15 is 0 Å². The van der Waals surface area contributed by atoms with Crippen molar-refractivity contribution in [2.75, 3.05) is 6.54 Å². The van der Waals surface area contributed by atoms with Gasteiger partial charge in [0.2, 0.25) is 0 Å². The number of hydrogen-bond donors (Lipinski definition) is 2. The maximum Gasteiger partial charge on any atom is 0.573 e. The molecule has 1 aromatic heterocycles. The van der Waals surface area contributed by atoms with Crippen LogP contribution in [-0.2, 0) is 6.42 Å². The van der Waals surface area contributed by atoms with Crippen LogP contribution in [0.3, 0.4) is 0 Å². The van der Waals surface area contributed by atoms with Crippen molar-refractivity contribution in [2.24, 2.45) is 0 Å². The third-order valence-electron chi connectivity index (χ3n) is 5.64. The predicted octanol–water partition coefficient (Wildman–Crippen LogP) is 6.46. The third-order valence-corrected chi connectivity index (χ3v) is 5.64. The van der Waals surface area contributed by atoms with Gasteiger partial charge < -0.3 is 15.0 Å². The molecule has 0 bridgehead atoms. The molecule has 176 valence electrons. The van der Waals surface area contributed by atoms with Crippen LogP contribution in [0.4, 0.5) is 17.6 Å². The average molecular weight is 470 g/mol. The second kappa shape index (κ2) is 9.21. The Hall–Kier alpha value is -3.81. The van der Waals surface area contributed by atoms with E-state index in [1.807, 2.05) is 13.8 Å². The van der Waals surface area contributed by atoms with Crippen LogP contribution in [-0.4, -0.2) is 23.8 Å². The highest BCUT2D eigenvalue weighted by Gasteiger charge is 2.31. The molecular weight excluding hydrogens is 448 g/mol. The van der Waals surface area contributed by atoms with Crippen LogP contribution < -0.4 is 10.1 Å². The van der Waals surface area contributed by atoms with E-state index in [-0.39, 0.29) is 17.5 Å². The number of ether oxygens (including phenoxy) is 1. The highest BCUT2D eigenvalue weighted by Crippen LogP contribution is 2.29. The molecule has 0 spiro atoms. The van der Waals surface area contributed by atoms with Gasteiger partial charge in [0.15, 0.2) is 0 Å². The minimum absolute atomic E-state index is 0.277. The molecule has 3 aromatic carbocycles. The van der Waals surface area contributed by atoms with Crippen LogP contribution in [0, 0.1) is 19.7 Å². The maximum absolute atomic E-state index is 14.1. The van der Waals surface area contributed by atoms with Gasteiger partial charge in [-0.05, 0) is 72.9 Å². The van der Waals surface area contributed by atoms with Crippen LogP contribution >= 0.6 is 0 Å². The molecule has 0 saturated heterocycles. The summed E-state index contributed by atoms with van der Waals surface area (Å²) in [7, 11) is 0. The summed E-state index contributed by atoms with van der Waals surface area (Å²) in [4.78, 5) is 15.7. The molecule has 34 heavy (non-hydrogen) atoms. The van der Waals surface area contributed by atoms with Crippen molar-refractivity contribution >= 4 is 16.8 Å². The lowest BCUT2D eigenvalue weighted by molar-refractivity contribution is -0.274. The smallest absolute Gasteiger partial charge is 0.406 e. The van der Waals surface area contributed by atoms with Crippen molar-refractivity contribution in [1.29, 1.82) is 0 Å². The topological polar surface area (TPSA) is 54.1 Å². The number of carbonyl (C=O) groups excluding carboxylic acids is 1. The van der Waals surface area contributed by atoms with E-state index < -0.39 is 6.36 Å². The lowest BCUT2D eigenvalue weighted by Gasteiger charge is -2.11. The number of amides is 1. The van der Waals surface area contributed by atoms with Gasteiger partial charge in [-0.3, -0.25) is 4.79 Å². The first-order valence-electron chi connectivity index (χ1n) is 10.6. The number of aromatic nitrogens is 1. The maximum atomic E-state index is 14.1. The average Bonchev–Trinajstić information content (AvgIpc) is 3.13. The number of benzene rings is 3. The number of hydrogen-bond acceptors (Lipinski definition) is 2. The van der Waals surface area contributed by atoms with Crippen molar-refractivity contribution in [3.8, 4) is 16.9 Å². The van der Waals surface area contributed by atoms with Gasteiger partial charge in [-0.2, -0.15) is 0 Å². The summed E-state index contributed by atoms with van der Waals surface area (Å²) in [6.07, 6.45) is -4.23. The molecule has 0 aliphatic rings. The molecule has 4 nitrogen and oxygen atoms in total. The largest absolute Gasteiger partial charge is 0.573 e. The van der Waals surface area contributed by atoms with Gasteiger partial charge in [0.05, 0.1) is 5.52 Å². The van der Waals surface area contributed by atoms with Gasteiger partial charge >= 0.3 is 6.36 Å². The fourth-order valence-electron chi connectivity index (χ4n) is 4.05. The molecule has 1 amide bonds. The molecule has 2 N–H and O–H groups in total. The second-order valence-electron chi connectivity index (χ2n) is 8.00. The van der Waals surface area contributed by atoms with E-state index in [4.69, 9.17) is 0 Å². The molecule has 1 heterocycles. The van der Waals surface area contributed by atoms with E-state index in [1.54, 1.807) is 36.4 Å². The molecule has 4 rings (SSSR count). The van der Waals surface area contributed by atoms with Crippen LogP contribution in [0.5, 0.6) is 5.75 Å². The first-order valence-corrected chi connectivity index (χ1v) is 10.6. The molecule has 0 fully saturated rings. The summed E-state index contributed by atoms with van der Waals surface area (Å²) < 4.78 is 55.5. The molecule has 0 atom stereocenters. The summed E-state index contributed by atoms with van der Waals surface area (Å²) in [5.41, 5.74) is 4.86. The number of fused-ring (bicyclic) bond motifs is 1. The van der Waals surface area contributed by atoms with Crippen LogP contribution in [0.2, 0.25) is 0 Å². The number of nitrogens with one attached hydrogen (secondary N) is 2. The van der Waals surface area contributed by atoms with Crippen LogP contribution in [0.1, 0.15) is 27.2 Å². The third kappa shape index (κ3) is 5.06. The standard InChI is InChI=1S/C26H22F4N2O2/c1-15-6-11-22(27)24-23(15)21(16(2)32-24)12-13-31-25(33)18-9-7-17(8-10-18)19-4-3-5-20(14-19)34-26(28,29)30/h3-11,14,32H,12-13H2,1-2H3,(H,31,33). The minimum Gasteiger partial charge on any atom is -0.406 e. The highest BCUT2D eigenvalue weighted by atomic mass is 19.4. The molecule has 0 aliphatic heterocycles. The molecule has 0 radical (unpaired) electrons. The Bertz CT molecular complexity index is 1340. The molecular formula is C26H22F4N2O2. The zero-order chi connectivity index (χ0) is 24.5. The van der Waals surface area contributed by atoms with Crippen LogP contribution in [0.25, 0.3) is 22.0 Å². The van der Waals surface area contributed by atoms with Gasteiger partial charge in [0.25, 0.3) is 5.91 Å². The fourth-order valence-corrected chi connectivity index (χ4v) is 4.05. The molecule has 0 unspecified atom stereocenters. The van der Waals surface area contributed by atoms with E-state index in [2.05, 4.69) is 15.0 Å². The van der Waals surface area contributed by atoms with E-state index in [9.17, 15) is 22.4 Å². The highest BCUT2D eigenvalue weighted by molar-refractivity contribution is 5.95. The Balaban J connectivity index is 1.42. The van der Waals surface area contributed by atoms with Crippen molar-refractivity contribution in [3.05, 3.63) is 88.9 Å². The summed E-state index contributed by atoms with van der Waals surface area (Å²) in [6.45, 7) is 4.16. The predicted molar refractivity (Wildman–Crippen MR) is 122 cm³/mol. The fraction of sp³-hybridized carbons (Fsp3) is 0.192. The van der Waals surface area contributed by atoms with Gasteiger partial charge in [-0.25, -0.2) is 4.39 Å². The van der Waals surface area contributed by atoms with E-state index in [0.717, 1.165) is 22.2 Å². The monoisotopic (exact) mass is 470 g/mol. The van der Waals surface area contributed by atoms with Crippen LogP contribution in [0.15, 0.2) is 60.7 Å². The normalized spacial score (nSPS) is 11.6. The first-order chi connectivity index (χ1) is 16.1. The number of rotatable bonds is 6. The molecule has 8 heteroatoms. The SMILES string of the molecule is Cc1[nH]c2c(F)ccc(C)c2c1CCNC(=O)c1ccc(-c2cccc(OC(F)(F)F)c2)cc1. The molecule has 0 saturated carbocycles. The summed E-state index contributed by atoms with van der Waals surface area (Å²) in [5, 5.41) is 3.71. The Morgan fingerprint density at radius 3 is 2.44 bits per heavy atom. The van der Waals surface area contributed by atoms with E-state index in [1.165, 1.54) is 24.3 Å². The van der Waals surface area contributed by atoms with Crippen molar-refractivity contribution in [3.63, 3.8) is 0 Å². The number of carbonyl (C=O) groups is 1. The summed E-state index contributed by atoms with van der Waals surface area (Å²) in [5.74, 6) is -0.898. The van der Waals surface area contributed by atoms with Gasteiger partial charge in [-0.1, -0.05) is 30.3 Å². The Morgan fingerprint density at radius 1 is 1.00 bits per heavy atom. The summed E-state index contributed by atoms with van der Waals surface area (Å²) >= 11 is 0. The van der Waals surface area contributed by atoms with E-state index in [0.29, 0.717) is 35.2 Å². The minimum atomic E-state index is -4.77. The number of halogens is 4. The lowest BCUT2D eigenvalue weighted by atomic mass is 10.0. The van der Waals surface area contributed by atoms with Crippen molar-refractivity contribution in [2.45, 2.75) is 26.6 Å². The Morgan fingerprint density at radius 2 is 1.74 bits per heavy atom. The Kier molecular flexibility index (Phi) is 6.32. The van der Waals surface area contributed by atoms with Gasteiger partial charge in [-0.15, -0.1) is 13.2 Å². The number of aryl methyl sites for hydroxylation is 2. The quantitative estimate of drug-likeness (QED) is 0.318. The molecule has 0 aliphatic carbocycles. The van der Waals surface area contributed by atoms with Crippen molar-refractivity contribution < 1.29 is 27.1 Å². The van der Waals surface area contributed by atoms with Gasteiger partial charge in [0, 0.05) is 23.2 Å². The summed E-state index contributed by atoms with van der Waals surface area (Å²) in [6, 6.07) is 15.4. The Labute approximate surface area is 193 Å². The first kappa shape index (κ1) is 23.4. The number of aromatic amines is 1. The van der Waals surface area contributed by atoms with Gasteiger partial charge in [0.1, 0.15) is 11.6 Å². The number of H-pyrrole nitrogens is 1. The number of alkyl halides is 3. The lowest BCUT2D eigenvalue weighted by Crippen LogP contribution is -2.25. The molecule has 4 aromatic rings. The van der Waals surface area contributed by atoms with Crippen molar-refractivity contribution in [1.82, 2.24) is 10.3 Å². The zero-order valence-corrected chi connectivity index (χ0v) is 18.5. The second-order valence-corrected chi connectivity index (χ2v) is 8.00. The zero-order valence-electron chi connectivity index (χ0n) is 18.5.